The van der Waals surface area contributed by atoms with Crippen LogP contribution in [-0.2, 0) is 30.7 Å². The Labute approximate surface area is 172 Å². The normalized spacial score (nSPS) is 12.8. The van der Waals surface area contributed by atoms with Crippen LogP contribution in [0, 0.1) is 6.07 Å². The van der Waals surface area contributed by atoms with Crippen LogP contribution in [0.25, 0.3) is 16.7 Å². The van der Waals surface area contributed by atoms with E-state index in [1.54, 1.807) is 24.2 Å². The molecule has 2 aliphatic rings. The Morgan fingerprint density at radius 3 is 2.38 bits per heavy atom. The minimum atomic E-state index is 0. The Morgan fingerprint density at radius 1 is 1.00 bits per heavy atom. The molecule has 3 heteroatoms. The van der Waals surface area contributed by atoms with Crippen LogP contribution in [0.2, 0.25) is 0 Å². The largest absolute Gasteiger partial charge is 1.00 e. The molecule has 0 N–H and O–H groups in total. The summed E-state index contributed by atoms with van der Waals surface area (Å²) in [6, 6.07) is 16.7. The van der Waals surface area contributed by atoms with E-state index < -0.39 is 0 Å². The second-order valence-electron chi connectivity index (χ2n) is 5.92. The van der Waals surface area contributed by atoms with E-state index in [0.717, 1.165) is 12.8 Å². The van der Waals surface area contributed by atoms with Crippen molar-refractivity contribution in [1.29, 1.82) is 0 Å². The van der Waals surface area contributed by atoms with Crippen LogP contribution in [0.3, 0.4) is 0 Å². The Balaban J connectivity index is 0.000000438. The maximum Gasteiger partial charge on any atom is -0.0195 e. The van der Waals surface area contributed by atoms with Gasteiger partial charge in [0.15, 0.2) is 0 Å². The Morgan fingerprint density at radius 2 is 1.71 bits per heavy atom. The third-order valence-corrected chi connectivity index (χ3v) is 3.82. The number of hydrogen-bond donors (Lipinski definition) is 0. The fraction of sp³-hybridized carbons (Fsp3) is 0.190. The summed E-state index contributed by atoms with van der Waals surface area (Å²) < 4.78 is 1.51. The van der Waals surface area contributed by atoms with Gasteiger partial charge in [0.05, 0.1) is 0 Å². The molecule has 2 aliphatic carbocycles. The van der Waals surface area contributed by atoms with E-state index in [2.05, 4.69) is 74.5 Å². The smallest absolute Gasteiger partial charge is 0.0195 e. The number of halogens is 2. The maximum atomic E-state index is 3.61. The zero-order chi connectivity index (χ0) is 15.5. The van der Waals surface area contributed by atoms with Crippen LogP contribution in [0.1, 0.15) is 37.0 Å². The standard InChI is InChI=1S/C18H13.C3H6.2ClH.Zr/c1-2-6-13(5-1)14-9-10-18-16(11-14)12-15-7-3-4-8-17(15)18;1-3-2;;;/h1-5,7-10H,6,12H2;1-2H3;2*1H;/q-1;;;;+2/p-2. The predicted molar refractivity (Wildman–Crippen MR) is 91.6 cm³/mol. The van der Waals surface area contributed by atoms with E-state index in [0.29, 0.717) is 0 Å². The monoisotopic (exact) mass is 431 g/mol. The van der Waals surface area contributed by atoms with Gasteiger partial charge in [0, 0.05) is 0 Å². The van der Waals surface area contributed by atoms with Crippen LogP contribution in [0.4, 0.5) is 0 Å². The first-order chi connectivity index (χ1) is 10.6. The number of hydrogen-bond acceptors (Lipinski definition) is 0. The quantitative estimate of drug-likeness (QED) is 0.439. The predicted octanol–water partition coefficient (Wildman–Crippen LogP) is -0.845. The molecule has 0 aliphatic heterocycles. The van der Waals surface area contributed by atoms with E-state index in [-0.39, 0.29) is 24.8 Å². The molecule has 24 heavy (non-hydrogen) atoms. The zero-order valence-corrected chi connectivity index (χ0v) is 17.8. The van der Waals surface area contributed by atoms with Gasteiger partial charge in [-0.05, 0) is 18.4 Å². The van der Waals surface area contributed by atoms with E-state index >= 15 is 0 Å². The Hall–Kier alpha value is -0.747. The van der Waals surface area contributed by atoms with Gasteiger partial charge in [-0.15, -0.1) is 41.0 Å². The minimum Gasteiger partial charge on any atom is -1.00 e. The van der Waals surface area contributed by atoms with Crippen molar-refractivity contribution in [3.05, 3.63) is 77.4 Å². The van der Waals surface area contributed by atoms with Gasteiger partial charge in [0.1, 0.15) is 0 Å². The molecule has 0 radical (unpaired) electrons. The van der Waals surface area contributed by atoms with Crippen LogP contribution in [0.5, 0.6) is 0 Å². The van der Waals surface area contributed by atoms with Crippen LogP contribution >= 0.6 is 0 Å². The molecule has 0 saturated heterocycles. The topological polar surface area (TPSA) is 0 Å². The summed E-state index contributed by atoms with van der Waals surface area (Å²) in [7, 11) is 0. The summed E-state index contributed by atoms with van der Waals surface area (Å²) in [4.78, 5) is 0. The molecule has 122 valence electrons. The molecular weight excluding hydrogens is 414 g/mol. The number of rotatable bonds is 1. The van der Waals surface area contributed by atoms with Crippen molar-refractivity contribution >= 4 is 8.78 Å². The second kappa shape index (κ2) is 9.66. The molecule has 0 spiro atoms. The number of benzene rings is 2. The number of fused-ring (bicyclic) bond motifs is 3. The molecule has 0 atom stereocenters. The third-order valence-electron chi connectivity index (χ3n) is 3.82. The van der Waals surface area contributed by atoms with Crippen molar-refractivity contribution in [1.82, 2.24) is 0 Å². The van der Waals surface area contributed by atoms with E-state index in [4.69, 9.17) is 0 Å². The SMILES string of the molecule is C[C](C)=[Zr+2].[Cl-].[Cl-].[c-]1c(C2=CC=CC2)ccc2c1Cc1ccccc1-2. The summed E-state index contributed by atoms with van der Waals surface area (Å²) in [6.45, 7) is 4.25. The van der Waals surface area contributed by atoms with Gasteiger partial charge in [-0.2, -0.15) is 0 Å². The van der Waals surface area contributed by atoms with Crippen molar-refractivity contribution in [3.8, 4) is 11.1 Å². The second-order valence-corrected chi connectivity index (χ2v) is 8.38. The average molecular weight is 434 g/mol. The molecule has 0 amide bonds. The molecule has 4 rings (SSSR count). The Kier molecular flexibility index (Phi) is 8.57. The summed E-state index contributed by atoms with van der Waals surface area (Å²) in [5.41, 5.74) is 8.16. The minimum absolute atomic E-state index is 0. The first-order valence-electron chi connectivity index (χ1n) is 7.66. The summed E-state index contributed by atoms with van der Waals surface area (Å²) in [5.74, 6) is 0. The van der Waals surface area contributed by atoms with Crippen molar-refractivity contribution in [2.45, 2.75) is 26.7 Å². The molecule has 0 nitrogen and oxygen atoms in total. The van der Waals surface area contributed by atoms with E-state index in [1.807, 2.05) is 0 Å². The van der Waals surface area contributed by atoms with Crippen molar-refractivity contribution in [2.24, 2.45) is 0 Å². The van der Waals surface area contributed by atoms with Gasteiger partial charge in [0.2, 0.25) is 0 Å². The first kappa shape index (κ1) is 21.3. The summed E-state index contributed by atoms with van der Waals surface area (Å²) in [5, 5.41) is 0. The molecule has 0 saturated carbocycles. The van der Waals surface area contributed by atoms with E-state index in [9.17, 15) is 0 Å². The van der Waals surface area contributed by atoms with Gasteiger partial charge in [0.25, 0.3) is 0 Å². The molecule has 2 aromatic carbocycles. The van der Waals surface area contributed by atoms with Gasteiger partial charge < -0.3 is 24.8 Å². The zero-order valence-electron chi connectivity index (χ0n) is 13.9. The van der Waals surface area contributed by atoms with Crippen LogP contribution in [0.15, 0.2) is 54.6 Å². The van der Waals surface area contributed by atoms with Crippen LogP contribution in [-0.4, -0.2) is 3.21 Å². The molecule has 0 heterocycles. The molecule has 0 fully saturated rings. The Bertz CT molecular complexity index is 784. The van der Waals surface area contributed by atoms with Gasteiger partial charge in [-0.25, -0.2) is 0 Å². The molecule has 0 aromatic heterocycles. The van der Waals surface area contributed by atoms with Crippen molar-refractivity contribution in [2.75, 3.05) is 0 Å². The third kappa shape index (κ3) is 4.88. The first-order valence-corrected chi connectivity index (χ1v) is 8.89. The van der Waals surface area contributed by atoms with Crippen LogP contribution < -0.4 is 24.8 Å². The molecule has 2 aromatic rings. The van der Waals surface area contributed by atoms with Gasteiger partial charge in [-0.3, -0.25) is 0 Å². The van der Waals surface area contributed by atoms with Crippen molar-refractivity contribution in [3.63, 3.8) is 0 Å². The van der Waals surface area contributed by atoms with Gasteiger partial charge >= 0.3 is 41.3 Å². The molecule has 0 bridgehead atoms. The number of allylic oxidation sites excluding steroid dienone is 4. The maximum absolute atomic E-state index is 3.61. The molecular formula is C21H19Cl2Zr-. The fourth-order valence-corrected chi connectivity index (χ4v) is 2.89. The summed E-state index contributed by atoms with van der Waals surface area (Å²) in [6.07, 6.45) is 8.60. The fourth-order valence-electron chi connectivity index (χ4n) is 2.89. The van der Waals surface area contributed by atoms with Crippen molar-refractivity contribution < 1.29 is 49.0 Å². The van der Waals surface area contributed by atoms with Gasteiger partial charge in [-0.1, -0.05) is 47.5 Å². The summed E-state index contributed by atoms with van der Waals surface area (Å²) >= 11 is 1.55. The molecule has 0 unspecified atom stereocenters. The average Bonchev–Trinajstić information content (AvgIpc) is 3.13. The van der Waals surface area contributed by atoms with E-state index in [1.165, 1.54) is 36.6 Å².